The fourth-order valence-corrected chi connectivity index (χ4v) is 4.41. The maximum absolute atomic E-state index is 12.5. The van der Waals surface area contributed by atoms with Crippen LogP contribution in [0.5, 0.6) is 0 Å². The average Bonchev–Trinajstić information content (AvgIpc) is 3.12. The van der Waals surface area contributed by atoms with Gasteiger partial charge in [0, 0.05) is 43.5 Å². The Kier molecular flexibility index (Phi) is 7.26. The van der Waals surface area contributed by atoms with Crippen LogP contribution in [0.15, 0.2) is 17.5 Å². The smallest absolute Gasteiger partial charge is 0.240 e. The summed E-state index contributed by atoms with van der Waals surface area (Å²) in [4.78, 5) is 33.3. The number of aryl methyl sites for hydroxylation is 3. The largest absolute Gasteiger partial charge is 0.340 e. The number of aromatic nitrogens is 1. The normalized spacial score (nSPS) is 14.9. The highest BCUT2D eigenvalue weighted by Gasteiger charge is 2.23. The van der Waals surface area contributed by atoms with Crippen LogP contribution in [-0.2, 0) is 9.59 Å². The van der Waals surface area contributed by atoms with Gasteiger partial charge in [-0.15, -0.1) is 11.3 Å². The molecule has 1 saturated heterocycles. The lowest BCUT2D eigenvalue weighted by atomic mass is 9.99. The zero-order valence-electron chi connectivity index (χ0n) is 18.6. The monoisotopic (exact) mass is 428 g/mol. The van der Waals surface area contributed by atoms with Crippen molar-refractivity contribution in [3.8, 4) is 11.3 Å². The van der Waals surface area contributed by atoms with Gasteiger partial charge in [0.05, 0.1) is 12.2 Å². The first-order chi connectivity index (χ1) is 14.2. The van der Waals surface area contributed by atoms with Crippen LogP contribution in [-0.4, -0.2) is 59.3 Å². The third-order valence-electron chi connectivity index (χ3n) is 5.54. The molecule has 0 aliphatic carbocycles. The standard InChI is InChI=1S/C23H32N4O2S/c1-15(2)10-22(29)27-8-6-26(7-9-27)13-21(28)25-23-24-20(14-30-23)19-12-17(4)16(3)11-18(19)5/h11-12,14-15H,6-10,13H2,1-5H3,(H,24,25,28). The molecule has 0 saturated carbocycles. The van der Waals surface area contributed by atoms with Crippen LogP contribution < -0.4 is 5.32 Å². The van der Waals surface area contributed by atoms with Crippen LogP contribution in [0.2, 0.25) is 0 Å². The van der Waals surface area contributed by atoms with E-state index in [1.54, 1.807) is 0 Å². The molecule has 0 radical (unpaired) electrons. The Hall–Kier alpha value is -2.25. The van der Waals surface area contributed by atoms with Gasteiger partial charge in [0.25, 0.3) is 0 Å². The summed E-state index contributed by atoms with van der Waals surface area (Å²) in [6.45, 7) is 13.6. The van der Waals surface area contributed by atoms with Gasteiger partial charge in [-0.25, -0.2) is 4.98 Å². The summed E-state index contributed by atoms with van der Waals surface area (Å²) in [6.07, 6.45) is 0.590. The lowest BCUT2D eigenvalue weighted by Crippen LogP contribution is -2.50. The van der Waals surface area contributed by atoms with Crippen molar-refractivity contribution < 1.29 is 9.59 Å². The molecule has 0 unspecified atom stereocenters. The van der Waals surface area contributed by atoms with Crippen molar-refractivity contribution in [1.29, 1.82) is 0 Å². The van der Waals surface area contributed by atoms with Crippen LogP contribution in [0.4, 0.5) is 5.13 Å². The molecule has 0 bridgehead atoms. The minimum atomic E-state index is -0.0605. The second-order valence-electron chi connectivity index (χ2n) is 8.59. The maximum atomic E-state index is 12.5. The first-order valence-electron chi connectivity index (χ1n) is 10.6. The molecule has 0 spiro atoms. The number of carbonyl (C=O) groups excluding carboxylic acids is 2. The average molecular weight is 429 g/mol. The van der Waals surface area contributed by atoms with E-state index in [0.717, 1.165) is 24.3 Å². The van der Waals surface area contributed by atoms with Gasteiger partial charge in [-0.1, -0.05) is 19.9 Å². The van der Waals surface area contributed by atoms with E-state index in [2.05, 4.69) is 62.0 Å². The Bertz CT molecular complexity index is 914. The minimum absolute atomic E-state index is 0.0605. The molecule has 2 amide bonds. The van der Waals surface area contributed by atoms with Crippen LogP contribution in [0.25, 0.3) is 11.3 Å². The summed E-state index contributed by atoms with van der Waals surface area (Å²) in [5.74, 6) is 0.526. The Balaban J connectivity index is 1.52. The van der Waals surface area contributed by atoms with Crippen molar-refractivity contribution in [2.45, 2.75) is 41.0 Å². The van der Waals surface area contributed by atoms with E-state index < -0.39 is 0 Å². The third-order valence-corrected chi connectivity index (χ3v) is 6.30. The molecule has 1 aliphatic rings. The first kappa shape index (κ1) is 22.4. The highest BCUT2D eigenvalue weighted by molar-refractivity contribution is 7.14. The SMILES string of the molecule is Cc1cc(C)c(-c2csc(NC(=O)CN3CCN(C(=O)CC(C)C)CC3)n2)cc1C. The van der Waals surface area contributed by atoms with Gasteiger partial charge in [-0.2, -0.15) is 0 Å². The molecular formula is C23H32N4O2S. The van der Waals surface area contributed by atoms with Gasteiger partial charge in [0.2, 0.25) is 11.8 Å². The van der Waals surface area contributed by atoms with Gasteiger partial charge in [-0.05, 0) is 49.4 Å². The van der Waals surface area contributed by atoms with Crippen molar-refractivity contribution in [2.24, 2.45) is 5.92 Å². The van der Waals surface area contributed by atoms with Gasteiger partial charge in [-0.3, -0.25) is 14.5 Å². The van der Waals surface area contributed by atoms with Crippen molar-refractivity contribution >= 4 is 28.3 Å². The Morgan fingerprint density at radius 3 is 2.40 bits per heavy atom. The summed E-state index contributed by atoms with van der Waals surface area (Å²) in [5, 5.41) is 5.55. The fourth-order valence-electron chi connectivity index (χ4n) is 3.69. The molecular weight excluding hydrogens is 396 g/mol. The van der Waals surface area contributed by atoms with E-state index in [1.807, 2.05) is 10.3 Å². The number of nitrogens with zero attached hydrogens (tertiary/aromatic N) is 3. The maximum Gasteiger partial charge on any atom is 0.240 e. The van der Waals surface area contributed by atoms with Gasteiger partial charge in [0.15, 0.2) is 5.13 Å². The molecule has 30 heavy (non-hydrogen) atoms. The summed E-state index contributed by atoms with van der Waals surface area (Å²) in [5.41, 5.74) is 5.70. The van der Waals surface area contributed by atoms with Gasteiger partial charge in [0.1, 0.15) is 0 Å². The Morgan fingerprint density at radius 1 is 1.07 bits per heavy atom. The number of carbonyl (C=O) groups is 2. The molecule has 1 fully saturated rings. The van der Waals surface area contributed by atoms with E-state index in [-0.39, 0.29) is 11.8 Å². The second-order valence-corrected chi connectivity index (χ2v) is 9.45. The number of hydrogen-bond donors (Lipinski definition) is 1. The molecule has 162 valence electrons. The highest BCUT2D eigenvalue weighted by Crippen LogP contribution is 2.29. The lowest BCUT2D eigenvalue weighted by molar-refractivity contribution is -0.133. The summed E-state index contributed by atoms with van der Waals surface area (Å²) < 4.78 is 0. The van der Waals surface area contributed by atoms with Crippen LogP contribution in [0.1, 0.15) is 37.0 Å². The third kappa shape index (κ3) is 5.67. The van der Waals surface area contributed by atoms with Gasteiger partial charge >= 0.3 is 0 Å². The topological polar surface area (TPSA) is 65.5 Å². The number of thiazole rings is 1. The molecule has 1 aliphatic heterocycles. The molecule has 7 heteroatoms. The zero-order chi connectivity index (χ0) is 21.8. The zero-order valence-corrected chi connectivity index (χ0v) is 19.4. The van der Waals surface area contributed by atoms with Gasteiger partial charge < -0.3 is 10.2 Å². The molecule has 6 nitrogen and oxygen atoms in total. The predicted molar refractivity (Wildman–Crippen MR) is 123 cm³/mol. The summed E-state index contributed by atoms with van der Waals surface area (Å²) >= 11 is 1.45. The molecule has 1 aromatic carbocycles. The van der Waals surface area contributed by atoms with Crippen LogP contribution in [0.3, 0.4) is 0 Å². The van der Waals surface area contributed by atoms with Crippen LogP contribution in [0, 0.1) is 26.7 Å². The van der Waals surface area contributed by atoms with Crippen LogP contribution >= 0.6 is 11.3 Å². The van der Waals surface area contributed by atoms with E-state index in [4.69, 9.17) is 0 Å². The molecule has 2 heterocycles. The number of benzene rings is 1. The number of nitrogens with one attached hydrogen (secondary N) is 1. The number of hydrogen-bond acceptors (Lipinski definition) is 5. The Morgan fingerprint density at radius 2 is 1.73 bits per heavy atom. The minimum Gasteiger partial charge on any atom is -0.340 e. The molecule has 1 N–H and O–H groups in total. The fraction of sp³-hybridized carbons (Fsp3) is 0.522. The predicted octanol–water partition coefficient (Wildman–Crippen LogP) is 3.86. The second kappa shape index (κ2) is 9.71. The lowest BCUT2D eigenvalue weighted by Gasteiger charge is -2.34. The number of rotatable bonds is 6. The van der Waals surface area contributed by atoms with E-state index in [0.29, 0.717) is 37.1 Å². The Labute approximate surface area is 183 Å². The molecule has 0 atom stereocenters. The van der Waals surface area contributed by atoms with E-state index in [9.17, 15) is 9.59 Å². The van der Waals surface area contributed by atoms with E-state index in [1.165, 1.54) is 28.0 Å². The first-order valence-corrected chi connectivity index (χ1v) is 11.4. The number of piperazine rings is 1. The van der Waals surface area contributed by atoms with Crippen molar-refractivity contribution in [1.82, 2.24) is 14.8 Å². The summed E-state index contributed by atoms with van der Waals surface area (Å²) in [6, 6.07) is 4.33. The van der Waals surface area contributed by atoms with Crippen molar-refractivity contribution in [3.05, 3.63) is 34.2 Å². The number of amides is 2. The van der Waals surface area contributed by atoms with Crippen molar-refractivity contribution in [3.63, 3.8) is 0 Å². The molecule has 2 aromatic rings. The van der Waals surface area contributed by atoms with E-state index >= 15 is 0 Å². The number of anilines is 1. The highest BCUT2D eigenvalue weighted by atomic mass is 32.1. The quantitative estimate of drug-likeness (QED) is 0.759. The summed E-state index contributed by atoms with van der Waals surface area (Å²) in [7, 11) is 0. The molecule has 3 rings (SSSR count). The molecule has 1 aromatic heterocycles. The van der Waals surface area contributed by atoms with Crippen molar-refractivity contribution in [2.75, 3.05) is 38.0 Å².